The zero-order valence-corrected chi connectivity index (χ0v) is 12.5. The van der Waals surface area contributed by atoms with Crippen molar-refractivity contribution in [1.29, 1.82) is 0 Å². The highest BCUT2D eigenvalue weighted by atomic mass is 35.5. The third-order valence-electron chi connectivity index (χ3n) is 3.48. The van der Waals surface area contributed by atoms with Gasteiger partial charge in [0.2, 0.25) is 0 Å². The number of nitro benzene ring substituents is 1. The molecule has 0 radical (unpaired) electrons. The first-order chi connectivity index (χ1) is 10.1. The van der Waals surface area contributed by atoms with Gasteiger partial charge in [-0.1, -0.05) is 11.6 Å². The molecule has 1 aromatic carbocycles. The van der Waals surface area contributed by atoms with Crippen LogP contribution in [0.2, 0.25) is 5.02 Å². The summed E-state index contributed by atoms with van der Waals surface area (Å²) in [5.74, 6) is -0.324. The number of amides is 1. The molecule has 3 rings (SSSR count). The number of hydrogen-bond donors (Lipinski definition) is 0. The molecule has 0 unspecified atom stereocenters. The lowest BCUT2D eigenvalue weighted by atomic mass is 10.1. The first-order valence-corrected chi connectivity index (χ1v) is 7.60. The molecule has 2 aromatic rings. The predicted molar refractivity (Wildman–Crippen MR) is 80.9 cm³/mol. The van der Waals surface area contributed by atoms with Gasteiger partial charge < -0.3 is 4.90 Å². The van der Waals surface area contributed by atoms with E-state index in [4.69, 9.17) is 11.6 Å². The molecule has 1 aliphatic heterocycles. The van der Waals surface area contributed by atoms with Crippen LogP contribution in [0.3, 0.4) is 0 Å². The third kappa shape index (κ3) is 2.64. The summed E-state index contributed by atoms with van der Waals surface area (Å²) in [7, 11) is 0. The van der Waals surface area contributed by atoms with Gasteiger partial charge in [0.25, 0.3) is 11.6 Å². The van der Waals surface area contributed by atoms with Crippen molar-refractivity contribution in [3.63, 3.8) is 0 Å². The predicted octanol–water partition coefficient (Wildman–Crippen LogP) is 3.51. The summed E-state index contributed by atoms with van der Waals surface area (Å²) in [5, 5.41) is 13.3. The second-order valence-electron chi connectivity index (χ2n) is 4.76. The van der Waals surface area contributed by atoms with Crippen LogP contribution in [-0.4, -0.2) is 22.3 Å². The molecule has 5 nitrogen and oxygen atoms in total. The average Bonchev–Trinajstić information content (AvgIpc) is 2.93. The maximum atomic E-state index is 12.5. The summed E-state index contributed by atoms with van der Waals surface area (Å²) >= 11 is 7.46. The Kier molecular flexibility index (Phi) is 3.65. The number of fused-ring (bicyclic) bond motifs is 1. The van der Waals surface area contributed by atoms with Gasteiger partial charge in [-0.25, -0.2) is 0 Å². The van der Waals surface area contributed by atoms with E-state index in [2.05, 4.69) is 0 Å². The first kappa shape index (κ1) is 14.0. The molecular weight excluding hydrogens is 312 g/mol. The van der Waals surface area contributed by atoms with Crippen LogP contribution < -0.4 is 0 Å². The molecule has 1 aliphatic rings. The number of carbonyl (C=O) groups excluding carboxylic acids is 1. The zero-order valence-electron chi connectivity index (χ0n) is 10.9. The van der Waals surface area contributed by atoms with Gasteiger partial charge in [0.15, 0.2) is 0 Å². The molecule has 0 N–H and O–H groups in total. The Morgan fingerprint density at radius 3 is 2.95 bits per heavy atom. The molecule has 0 saturated heterocycles. The number of carbonyl (C=O) groups is 1. The Hall–Kier alpha value is -1.92. The summed E-state index contributed by atoms with van der Waals surface area (Å²) in [6, 6.07) is 6.14. The molecule has 1 amide bonds. The highest BCUT2D eigenvalue weighted by Gasteiger charge is 2.27. The van der Waals surface area contributed by atoms with E-state index in [-0.39, 0.29) is 22.2 Å². The van der Waals surface area contributed by atoms with Crippen LogP contribution in [0.25, 0.3) is 0 Å². The summed E-state index contributed by atoms with van der Waals surface area (Å²) in [6.07, 6.45) is 0.792. The van der Waals surface area contributed by atoms with E-state index in [1.54, 1.807) is 16.2 Å². The van der Waals surface area contributed by atoms with Crippen molar-refractivity contribution in [3.05, 3.63) is 60.8 Å². The van der Waals surface area contributed by atoms with Crippen molar-refractivity contribution >= 4 is 34.5 Å². The highest BCUT2D eigenvalue weighted by molar-refractivity contribution is 7.10. The number of nitrogens with zero attached hydrogens (tertiary/aromatic N) is 2. The van der Waals surface area contributed by atoms with Crippen molar-refractivity contribution in [3.8, 4) is 0 Å². The first-order valence-electron chi connectivity index (χ1n) is 6.34. The molecule has 0 saturated carbocycles. The van der Waals surface area contributed by atoms with E-state index >= 15 is 0 Å². The molecule has 0 fully saturated rings. The highest BCUT2D eigenvalue weighted by Crippen LogP contribution is 2.28. The van der Waals surface area contributed by atoms with Gasteiger partial charge in [-0.3, -0.25) is 14.9 Å². The lowest BCUT2D eigenvalue weighted by Crippen LogP contribution is -2.35. The maximum Gasteiger partial charge on any atom is 0.283 e. The molecule has 108 valence electrons. The average molecular weight is 323 g/mol. The number of halogens is 1. The molecule has 1 aromatic heterocycles. The molecule has 0 atom stereocenters. The molecular formula is C14H11ClN2O3S. The van der Waals surface area contributed by atoms with E-state index in [0.29, 0.717) is 13.1 Å². The molecule has 0 spiro atoms. The third-order valence-corrected chi connectivity index (χ3v) is 4.74. The van der Waals surface area contributed by atoms with E-state index < -0.39 is 4.92 Å². The van der Waals surface area contributed by atoms with E-state index in [1.807, 2.05) is 11.4 Å². The minimum absolute atomic E-state index is 0.0862. The number of nitro groups is 1. The topological polar surface area (TPSA) is 63.4 Å². The van der Waals surface area contributed by atoms with Gasteiger partial charge >= 0.3 is 0 Å². The minimum atomic E-state index is -0.570. The molecule has 21 heavy (non-hydrogen) atoms. The second-order valence-corrected chi connectivity index (χ2v) is 6.20. The Balaban J connectivity index is 1.91. The zero-order chi connectivity index (χ0) is 15.0. The van der Waals surface area contributed by atoms with Crippen LogP contribution in [-0.2, 0) is 13.0 Å². The van der Waals surface area contributed by atoms with E-state index in [0.717, 1.165) is 12.0 Å². The van der Waals surface area contributed by atoms with Crippen LogP contribution in [0.15, 0.2) is 29.6 Å². The Morgan fingerprint density at radius 1 is 1.38 bits per heavy atom. The summed E-state index contributed by atoms with van der Waals surface area (Å²) < 4.78 is 0. The Morgan fingerprint density at radius 2 is 2.19 bits per heavy atom. The SMILES string of the molecule is O=C(c1ccc(Cl)cc1[N+](=O)[O-])N1CCc2sccc2C1. The van der Waals surface area contributed by atoms with Crippen LogP contribution in [0, 0.1) is 10.1 Å². The normalized spacial score (nSPS) is 13.9. The van der Waals surface area contributed by atoms with Gasteiger partial charge in [-0.15, -0.1) is 11.3 Å². The van der Waals surface area contributed by atoms with Crippen LogP contribution >= 0.6 is 22.9 Å². The molecule has 7 heteroatoms. The maximum absolute atomic E-state index is 12.5. The summed E-state index contributed by atoms with van der Waals surface area (Å²) in [4.78, 5) is 26.0. The van der Waals surface area contributed by atoms with Gasteiger partial charge in [0.05, 0.1) is 4.92 Å². The van der Waals surface area contributed by atoms with Crippen LogP contribution in [0.1, 0.15) is 20.8 Å². The fraction of sp³-hybridized carbons (Fsp3) is 0.214. The number of rotatable bonds is 2. The van der Waals surface area contributed by atoms with Gasteiger partial charge in [-0.05, 0) is 35.6 Å². The number of thiophene rings is 1. The van der Waals surface area contributed by atoms with Gasteiger partial charge in [0.1, 0.15) is 5.56 Å². The smallest absolute Gasteiger partial charge is 0.283 e. The van der Waals surface area contributed by atoms with Crippen molar-refractivity contribution in [1.82, 2.24) is 4.90 Å². The lowest BCUT2D eigenvalue weighted by molar-refractivity contribution is -0.385. The quantitative estimate of drug-likeness (QED) is 0.628. The van der Waals surface area contributed by atoms with Crippen molar-refractivity contribution < 1.29 is 9.72 Å². The number of benzene rings is 1. The second kappa shape index (κ2) is 5.46. The van der Waals surface area contributed by atoms with Crippen molar-refractivity contribution in [2.75, 3.05) is 6.54 Å². The Labute approximate surface area is 129 Å². The largest absolute Gasteiger partial charge is 0.334 e. The summed E-state index contributed by atoms with van der Waals surface area (Å²) in [5.41, 5.74) is 0.961. The monoisotopic (exact) mass is 322 g/mol. The van der Waals surface area contributed by atoms with Crippen LogP contribution in [0.4, 0.5) is 5.69 Å². The summed E-state index contributed by atoms with van der Waals surface area (Å²) in [6.45, 7) is 1.07. The number of hydrogen-bond acceptors (Lipinski definition) is 4. The Bertz CT molecular complexity index is 729. The minimum Gasteiger partial charge on any atom is -0.334 e. The fourth-order valence-electron chi connectivity index (χ4n) is 2.43. The molecule has 0 aliphatic carbocycles. The molecule has 2 heterocycles. The van der Waals surface area contributed by atoms with Gasteiger partial charge in [-0.2, -0.15) is 0 Å². The fourth-order valence-corrected chi connectivity index (χ4v) is 3.48. The molecule has 0 bridgehead atoms. The lowest BCUT2D eigenvalue weighted by Gasteiger charge is -2.27. The van der Waals surface area contributed by atoms with Crippen molar-refractivity contribution in [2.24, 2.45) is 0 Å². The standard InChI is InChI=1S/C14H11ClN2O3S/c15-10-1-2-11(12(7-10)17(19)20)14(18)16-5-3-13-9(8-16)4-6-21-13/h1-2,4,6-7H,3,5,8H2. The van der Waals surface area contributed by atoms with E-state index in [1.165, 1.54) is 23.1 Å². The van der Waals surface area contributed by atoms with Crippen LogP contribution in [0.5, 0.6) is 0 Å². The van der Waals surface area contributed by atoms with Crippen molar-refractivity contribution in [2.45, 2.75) is 13.0 Å². The van der Waals surface area contributed by atoms with Gasteiger partial charge in [0, 0.05) is 29.1 Å². The van der Waals surface area contributed by atoms with E-state index in [9.17, 15) is 14.9 Å².